The fraction of sp³-hybridized carbons (Fsp3) is 0.467. The highest BCUT2D eigenvalue weighted by atomic mass is 16.5. The standard InChI is InChI=1S/C15H20BNO5/c1-15(2)8-10(14(19)17-15)6-7-22-13-5-3-4-12(16(20)21)11(13)9-18/h3-5,9-10,20-21H,6-8H2,1-2H3,(H,17,19). The van der Waals surface area contributed by atoms with Gasteiger partial charge in [0.1, 0.15) is 5.75 Å². The van der Waals surface area contributed by atoms with Crippen molar-refractivity contribution in [1.82, 2.24) is 5.32 Å². The minimum Gasteiger partial charge on any atom is -0.493 e. The summed E-state index contributed by atoms with van der Waals surface area (Å²) in [6.07, 6.45) is 1.82. The van der Waals surface area contributed by atoms with Crippen LogP contribution < -0.4 is 15.5 Å². The zero-order chi connectivity index (χ0) is 16.3. The van der Waals surface area contributed by atoms with Gasteiger partial charge in [-0.05, 0) is 38.2 Å². The topological polar surface area (TPSA) is 95.9 Å². The van der Waals surface area contributed by atoms with Gasteiger partial charge in [-0.3, -0.25) is 9.59 Å². The van der Waals surface area contributed by atoms with Gasteiger partial charge in [-0.25, -0.2) is 0 Å². The first-order valence-corrected chi connectivity index (χ1v) is 7.23. The van der Waals surface area contributed by atoms with Crippen LogP contribution in [-0.2, 0) is 4.79 Å². The first-order valence-electron chi connectivity index (χ1n) is 7.23. The van der Waals surface area contributed by atoms with E-state index in [1.165, 1.54) is 6.07 Å². The predicted molar refractivity (Wildman–Crippen MR) is 82.1 cm³/mol. The van der Waals surface area contributed by atoms with Crippen LogP contribution in [0, 0.1) is 5.92 Å². The second kappa shape index (κ2) is 6.50. The van der Waals surface area contributed by atoms with Crippen LogP contribution in [0.15, 0.2) is 18.2 Å². The van der Waals surface area contributed by atoms with Crippen molar-refractivity contribution < 1.29 is 24.4 Å². The van der Waals surface area contributed by atoms with E-state index < -0.39 is 7.12 Å². The summed E-state index contributed by atoms with van der Waals surface area (Å²) in [7, 11) is -1.73. The molecule has 3 N–H and O–H groups in total. The van der Waals surface area contributed by atoms with Gasteiger partial charge >= 0.3 is 7.12 Å². The number of benzene rings is 1. The third kappa shape index (κ3) is 3.67. The summed E-state index contributed by atoms with van der Waals surface area (Å²) in [6, 6.07) is 4.63. The molecule has 0 bridgehead atoms. The van der Waals surface area contributed by atoms with Crippen LogP contribution in [0.25, 0.3) is 0 Å². The van der Waals surface area contributed by atoms with Crippen molar-refractivity contribution in [3.05, 3.63) is 23.8 Å². The Hall–Kier alpha value is -1.86. The summed E-state index contributed by atoms with van der Waals surface area (Å²) in [5.41, 5.74) is 0.0253. The van der Waals surface area contributed by atoms with Crippen LogP contribution in [0.5, 0.6) is 5.75 Å². The second-order valence-electron chi connectivity index (χ2n) is 6.16. The highest BCUT2D eigenvalue weighted by Crippen LogP contribution is 2.27. The van der Waals surface area contributed by atoms with Gasteiger partial charge in [0.15, 0.2) is 6.29 Å². The van der Waals surface area contributed by atoms with E-state index in [1.54, 1.807) is 12.1 Å². The van der Waals surface area contributed by atoms with Gasteiger partial charge in [0.2, 0.25) is 5.91 Å². The Balaban J connectivity index is 1.99. The summed E-state index contributed by atoms with van der Waals surface area (Å²) >= 11 is 0. The molecule has 22 heavy (non-hydrogen) atoms. The quantitative estimate of drug-likeness (QED) is 0.502. The molecule has 1 aromatic carbocycles. The van der Waals surface area contributed by atoms with Crippen LogP contribution in [0.4, 0.5) is 0 Å². The Labute approximate surface area is 129 Å². The Morgan fingerprint density at radius 1 is 1.45 bits per heavy atom. The van der Waals surface area contributed by atoms with Crippen LogP contribution in [0.1, 0.15) is 37.0 Å². The van der Waals surface area contributed by atoms with Crippen molar-refractivity contribution in [2.75, 3.05) is 6.61 Å². The Morgan fingerprint density at radius 3 is 2.73 bits per heavy atom. The normalized spacial score (nSPS) is 19.6. The number of hydrogen-bond acceptors (Lipinski definition) is 5. The minimum absolute atomic E-state index is 0.0174. The molecule has 7 heteroatoms. The number of nitrogens with one attached hydrogen (secondary N) is 1. The molecule has 1 atom stereocenters. The zero-order valence-electron chi connectivity index (χ0n) is 12.7. The molecule has 1 fully saturated rings. The summed E-state index contributed by atoms with van der Waals surface area (Å²) in [5, 5.41) is 21.4. The van der Waals surface area contributed by atoms with Crippen molar-refractivity contribution in [3.63, 3.8) is 0 Å². The number of amides is 1. The highest BCUT2D eigenvalue weighted by molar-refractivity contribution is 6.60. The molecule has 6 nitrogen and oxygen atoms in total. The van der Waals surface area contributed by atoms with Crippen molar-refractivity contribution in [2.45, 2.75) is 32.2 Å². The van der Waals surface area contributed by atoms with E-state index in [2.05, 4.69) is 5.32 Å². The van der Waals surface area contributed by atoms with E-state index in [9.17, 15) is 19.6 Å². The van der Waals surface area contributed by atoms with Crippen LogP contribution in [-0.4, -0.2) is 41.5 Å². The maximum atomic E-state index is 11.8. The van der Waals surface area contributed by atoms with E-state index in [0.717, 1.165) is 6.42 Å². The van der Waals surface area contributed by atoms with Crippen LogP contribution in [0.2, 0.25) is 0 Å². The van der Waals surface area contributed by atoms with E-state index in [1.807, 2.05) is 13.8 Å². The lowest BCUT2D eigenvalue weighted by molar-refractivity contribution is -0.123. The molecule has 0 saturated carbocycles. The number of rotatable bonds is 6. The number of aldehydes is 1. The molecule has 1 amide bonds. The SMILES string of the molecule is CC1(C)CC(CCOc2cccc(B(O)O)c2C=O)C(=O)N1. The van der Waals surface area contributed by atoms with Gasteiger partial charge in [0.25, 0.3) is 0 Å². The molecule has 1 aliphatic rings. The Morgan fingerprint density at radius 2 is 2.18 bits per heavy atom. The molecule has 0 radical (unpaired) electrons. The molecule has 1 aromatic rings. The maximum absolute atomic E-state index is 11.8. The van der Waals surface area contributed by atoms with Gasteiger partial charge in [-0.2, -0.15) is 0 Å². The Kier molecular flexibility index (Phi) is 4.88. The third-order valence-corrected chi connectivity index (χ3v) is 3.81. The van der Waals surface area contributed by atoms with Gasteiger partial charge in [0.05, 0.1) is 12.2 Å². The zero-order valence-corrected chi connectivity index (χ0v) is 12.7. The lowest BCUT2D eigenvalue weighted by Gasteiger charge is -2.16. The molecule has 1 saturated heterocycles. The molecule has 0 aliphatic carbocycles. The van der Waals surface area contributed by atoms with Crippen molar-refractivity contribution in [2.24, 2.45) is 5.92 Å². The third-order valence-electron chi connectivity index (χ3n) is 3.81. The molecule has 0 aromatic heterocycles. The molecule has 2 rings (SSSR count). The maximum Gasteiger partial charge on any atom is 0.489 e. The van der Waals surface area contributed by atoms with Crippen LogP contribution >= 0.6 is 0 Å². The van der Waals surface area contributed by atoms with Gasteiger partial charge in [0, 0.05) is 11.5 Å². The number of hydrogen-bond donors (Lipinski definition) is 3. The minimum atomic E-state index is -1.73. The summed E-state index contributed by atoms with van der Waals surface area (Å²) in [5.74, 6) is 0.198. The lowest BCUT2D eigenvalue weighted by atomic mass is 9.77. The van der Waals surface area contributed by atoms with E-state index >= 15 is 0 Å². The molecular weight excluding hydrogens is 285 g/mol. The van der Waals surface area contributed by atoms with Gasteiger partial charge < -0.3 is 20.1 Å². The molecular formula is C15H20BNO5. The summed E-state index contributed by atoms with van der Waals surface area (Å²) in [6.45, 7) is 4.23. The monoisotopic (exact) mass is 305 g/mol. The first kappa shape index (κ1) is 16.5. The van der Waals surface area contributed by atoms with Gasteiger partial charge in [-0.15, -0.1) is 0 Å². The first-order chi connectivity index (χ1) is 10.3. The van der Waals surface area contributed by atoms with Crippen molar-refractivity contribution in [3.8, 4) is 5.75 Å². The summed E-state index contributed by atoms with van der Waals surface area (Å²) < 4.78 is 5.56. The smallest absolute Gasteiger partial charge is 0.489 e. The fourth-order valence-corrected chi connectivity index (χ4v) is 2.78. The summed E-state index contributed by atoms with van der Waals surface area (Å²) in [4.78, 5) is 23.0. The number of carbonyl (C=O) groups excluding carboxylic acids is 2. The molecule has 118 valence electrons. The fourth-order valence-electron chi connectivity index (χ4n) is 2.78. The van der Waals surface area contributed by atoms with Crippen molar-refractivity contribution in [1.29, 1.82) is 0 Å². The average Bonchev–Trinajstić information content (AvgIpc) is 2.71. The Bertz CT molecular complexity index is 573. The predicted octanol–water partition coefficient (Wildman–Crippen LogP) is -0.138. The van der Waals surface area contributed by atoms with Crippen LogP contribution in [0.3, 0.4) is 0 Å². The highest BCUT2D eigenvalue weighted by Gasteiger charge is 2.36. The lowest BCUT2D eigenvalue weighted by Crippen LogP contribution is -2.34. The van der Waals surface area contributed by atoms with E-state index in [0.29, 0.717) is 18.5 Å². The van der Waals surface area contributed by atoms with Gasteiger partial charge in [-0.1, -0.05) is 12.1 Å². The largest absolute Gasteiger partial charge is 0.493 e. The molecule has 1 unspecified atom stereocenters. The molecule has 1 aliphatic heterocycles. The number of carbonyl (C=O) groups is 2. The van der Waals surface area contributed by atoms with E-state index in [4.69, 9.17) is 4.74 Å². The van der Waals surface area contributed by atoms with E-state index in [-0.39, 0.29) is 35.0 Å². The number of ether oxygens (including phenoxy) is 1. The molecule has 1 heterocycles. The second-order valence-corrected chi connectivity index (χ2v) is 6.16. The molecule has 0 spiro atoms. The van der Waals surface area contributed by atoms with Crippen molar-refractivity contribution >= 4 is 24.8 Å². The average molecular weight is 305 g/mol.